The molecule has 0 spiro atoms. The van der Waals surface area contributed by atoms with Gasteiger partial charge in [0.15, 0.2) is 5.82 Å². The van der Waals surface area contributed by atoms with Crippen LogP contribution in [0.1, 0.15) is 30.9 Å². The lowest BCUT2D eigenvalue weighted by atomic mass is 10.2. The summed E-state index contributed by atoms with van der Waals surface area (Å²) in [5.74, 6) is 1.85. The molecule has 0 aromatic carbocycles. The van der Waals surface area contributed by atoms with Crippen molar-refractivity contribution in [1.82, 2.24) is 20.1 Å². The summed E-state index contributed by atoms with van der Waals surface area (Å²) in [6.07, 6.45) is 3.64. The second-order valence-corrected chi connectivity index (χ2v) is 4.51. The molecule has 1 saturated heterocycles. The molecular weight excluding hydrogens is 220 g/mol. The number of nitrogens with zero attached hydrogens (tertiary/aromatic N) is 3. The maximum Gasteiger partial charge on any atom is 0.249 e. The number of aromatic nitrogens is 3. The first-order valence-corrected chi connectivity index (χ1v) is 6.15. The lowest BCUT2D eigenvalue weighted by Gasteiger charge is -2.10. The molecule has 2 aliphatic rings. The maximum absolute atomic E-state index is 11.7. The highest BCUT2D eigenvalue weighted by atomic mass is 16.5. The molecule has 0 aliphatic carbocycles. The van der Waals surface area contributed by atoms with Crippen molar-refractivity contribution < 1.29 is 9.53 Å². The van der Waals surface area contributed by atoms with Crippen LogP contribution in [-0.4, -0.2) is 33.4 Å². The van der Waals surface area contributed by atoms with Crippen LogP contribution in [0.25, 0.3) is 0 Å². The molecule has 0 saturated carbocycles. The summed E-state index contributed by atoms with van der Waals surface area (Å²) < 4.78 is 7.42. The van der Waals surface area contributed by atoms with Gasteiger partial charge in [0.2, 0.25) is 5.91 Å². The van der Waals surface area contributed by atoms with Gasteiger partial charge in [0, 0.05) is 19.6 Å². The van der Waals surface area contributed by atoms with Gasteiger partial charge in [-0.05, 0) is 19.3 Å². The molecule has 1 atom stereocenters. The van der Waals surface area contributed by atoms with Crippen LogP contribution in [0.5, 0.6) is 0 Å². The number of hydrogen-bond acceptors (Lipinski definition) is 4. The van der Waals surface area contributed by atoms with Crippen molar-refractivity contribution in [3.05, 3.63) is 11.6 Å². The van der Waals surface area contributed by atoms with Crippen LogP contribution in [-0.2, 0) is 29.0 Å². The molecule has 3 rings (SSSR count). The molecule has 0 radical (unpaired) electrons. The van der Waals surface area contributed by atoms with E-state index in [2.05, 4.69) is 20.1 Å². The topological polar surface area (TPSA) is 69.0 Å². The molecule has 6 nitrogen and oxygen atoms in total. The third-order valence-electron chi connectivity index (χ3n) is 3.33. The Morgan fingerprint density at radius 2 is 2.41 bits per heavy atom. The van der Waals surface area contributed by atoms with Gasteiger partial charge < -0.3 is 14.6 Å². The highest BCUT2D eigenvalue weighted by Crippen LogP contribution is 2.14. The molecule has 0 bridgehead atoms. The van der Waals surface area contributed by atoms with Gasteiger partial charge in [0.1, 0.15) is 11.9 Å². The predicted octanol–water partition coefficient (Wildman–Crippen LogP) is 0.0195. The van der Waals surface area contributed by atoms with E-state index in [0.717, 1.165) is 43.9 Å². The zero-order valence-electron chi connectivity index (χ0n) is 9.69. The van der Waals surface area contributed by atoms with Crippen LogP contribution in [0.2, 0.25) is 0 Å². The van der Waals surface area contributed by atoms with Gasteiger partial charge in [-0.25, -0.2) is 0 Å². The molecule has 1 amide bonds. The Labute approximate surface area is 99.4 Å². The van der Waals surface area contributed by atoms with E-state index < -0.39 is 0 Å². The Kier molecular flexibility index (Phi) is 2.80. The summed E-state index contributed by atoms with van der Waals surface area (Å²) in [5.41, 5.74) is 0. The molecule has 1 aromatic heterocycles. The number of hydrogen-bond donors (Lipinski definition) is 1. The summed E-state index contributed by atoms with van der Waals surface area (Å²) in [7, 11) is 0. The minimum absolute atomic E-state index is 0.0298. The summed E-state index contributed by atoms with van der Waals surface area (Å²) in [4.78, 5) is 11.7. The summed E-state index contributed by atoms with van der Waals surface area (Å²) in [6, 6.07) is 0. The Hall–Kier alpha value is -1.43. The quantitative estimate of drug-likeness (QED) is 0.803. The predicted molar refractivity (Wildman–Crippen MR) is 59.2 cm³/mol. The summed E-state index contributed by atoms with van der Waals surface area (Å²) in [5, 5.41) is 11.1. The zero-order chi connectivity index (χ0) is 11.7. The van der Waals surface area contributed by atoms with E-state index in [1.807, 2.05) is 0 Å². The fourth-order valence-corrected chi connectivity index (χ4v) is 2.41. The van der Waals surface area contributed by atoms with E-state index in [9.17, 15) is 4.79 Å². The van der Waals surface area contributed by atoms with E-state index in [1.54, 1.807) is 0 Å². The largest absolute Gasteiger partial charge is 0.368 e. The number of nitrogens with one attached hydrogen (secondary N) is 1. The average molecular weight is 236 g/mol. The van der Waals surface area contributed by atoms with E-state index in [4.69, 9.17) is 4.74 Å². The standard InChI is InChI=1S/C11H16N4O2/c16-11(8-3-2-6-17-8)12-7-10-14-13-9-4-1-5-15(9)10/h8H,1-7H2,(H,12,16)/t8-/m0/s1. The normalized spacial score (nSPS) is 22.7. The SMILES string of the molecule is O=C(NCc1nnc2n1CCC2)[C@@H]1CCCO1. The van der Waals surface area contributed by atoms with Crippen LogP contribution in [0.3, 0.4) is 0 Å². The Morgan fingerprint density at radius 3 is 3.24 bits per heavy atom. The molecule has 92 valence electrons. The van der Waals surface area contributed by atoms with Gasteiger partial charge in [0.05, 0.1) is 6.54 Å². The van der Waals surface area contributed by atoms with Gasteiger partial charge in [-0.3, -0.25) is 4.79 Å². The number of carbonyl (C=O) groups excluding carboxylic acids is 1. The van der Waals surface area contributed by atoms with E-state index >= 15 is 0 Å². The van der Waals surface area contributed by atoms with E-state index in [-0.39, 0.29) is 12.0 Å². The second-order valence-electron chi connectivity index (χ2n) is 4.51. The summed E-state index contributed by atoms with van der Waals surface area (Å²) in [6.45, 7) is 2.11. The van der Waals surface area contributed by atoms with Crippen molar-refractivity contribution in [2.45, 2.75) is 44.9 Å². The number of rotatable bonds is 3. The monoisotopic (exact) mass is 236 g/mol. The molecule has 6 heteroatoms. The van der Waals surface area contributed by atoms with Crippen LogP contribution >= 0.6 is 0 Å². The zero-order valence-corrected chi connectivity index (χ0v) is 9.69. The van der Waals surface area contributed by atoms with Crippen molar-refractivity contribution in [3.8, 4) is 0 Å². The number of ether oxygens (including phenoxy) is 1. The Bertz CT molecular complexity index is 423. The molecule has 17 heavy (non-hydrogen) atoms. The van der Waals surface area contributed by atoms with Gasteiger partial charge in [-0.2, -0.15) is 0 Å². The highest BCUT2D eigenvalue weighted by Gasteiger charge is 2.24. The van der Waals surface area contributed by atoms with E-state index in [1.165, 1.54) is 0 Å². The fraction of sp³-hybridized carbons (Fsp3) is 0.727. The molecule has 1 N–H and O–H groups in total. The molecule has 2 aliphatic heterocycles. The molecule has 1 fully saturated rings. The molecule has 1 aromatic rings. The van der Waals surface area contributed by atoms with Crippen molar-refractivity contribution in [2.75, 3.05) is 6.61 Å². The molecule has 3 heterocycles. The van der Waals surface area contributed by atoms with Gasteiger partial charge in [0.25, 0.3) is 0 Å². The van der Waals surface area contributed by atoms with Crippen molar-refractivity contribution in [2.24, 2.45) is 0 Å². The lowest BCUT2D eigenvalue weighted by Crippen LogP contribution is -2.34. The number of aryl methyl sites for hydroxylation is 1. The van der Waals surface area contributed by atoms with Crippen LogP contribution in [0, 0.1) is 0 Å². The van der Waals surface area contributed by atoms with E-state index in [0.29, 0.717) is 13.2 Å². The van der Waals surface area contributed by atoms with Crippen molar-refractivity contribution in [3.63, 3.8) is 0 Å². The maximum atomic E-state index is 11.7. The van der Waals surface area contributed by atoms with Crippen molar-refractivity contribution >= 4 is 5.91 Å². The Morgan fingerprint density at radius 1 is 1.47 bits per heavy atom. The van der Waals surface area contributed by atoms with Crippen LogP contribution in [0.4, 0.5) is 0 Å². The third kappa shape index (κ3) is 2.04. The molecule has 0 unspecified atom stereocenters. The lowest BCUT2D eigenvalue weighted by molar-refractivity contribution is -0.130. The Balaban J connectivity index is 1.58. The van der Waals surface area contributed by atoms with Gasteiger partial charge in [-0.1, -0.05) is 0 Å². The first kappa shape index (κ1) is 10.7. The fourth-order valence-electron chi connectivity index (χ4n) is 2.41. The minimum atomic E-state index is -0.268. The third-order valence-corrected chi connectivity index (χ3v) is 3.33. The summed E-state index contributed by atoms with van der Waals surface area (Å²) >= 11 is 0. The van der Waals surface area contributed by atoms with Crippen LogP contribution < -0.4 is 5.32 Å². The molecular formula is C11H16N4O2. The number of amides is 1. The number of carbonyl (C=O) groups is 1. The first-order chi connectivity index (χ1) is 8.34. The second kappa shape index (κ2) is 4.44. The van der Waals surface area contributed by atoms with Crippen molar-refractivity contribution in [1.29, 1.82) is 0 Å². The smallest absolute Gasteiger partial charge is 0.249 e. The van der Waals surface area contributed by atoms with Crippen LogP contribution in [0.15, 0.2) is 0 Å². The highest BCUT2D eigenvalue weighted by molar-refractivity contribution is 5.80. The van der Waals surface area contributed by atoms with Gasteiger partial charge >= 0.3 is 0 Å². The first-order valence-electron chi connectivity index (χ1n) is 6.15. The minimum Gasteiger partial charge on any atom is -0.368 e. The number of fused-ring (bicyclic) bond motifs is 1. The average Bonchev–Trinajstić information content (AvgIpc) is 3.03. The van der Waals surface area contributed by atoms with Gasteiger partial charge in [-0.15, -0.1) is 10.2 Å².